The zero-order chi connectivity index (χ0) is 10.7. The Hall–Kier alpha value is -1.09. The first kappa shape index (κ1) is 11.0. The van der Waals surface area contributed by atoms with Crippen molar-refractivity contribution < 1.29 is 9.13 Å². The van der Waals surface area contributed by atoms with Gasteiger partial charge in [0.25, 0.3) is 0 Å². The van der Waals surface area contributed by atoms with Crippen LogP contribution in [0.1, 0.15) is 24.0 Å². The molecule has 3 heteroatoms. The second kappa shape index (κ2) is 4.42. The van der Waals surface area contributed by atoms with Crippen LogP contribution in [0, 0.1) is 12.7 Å². The van der Waals surface area contributed by atoms with E-state index in [4.69, 9.17) is 10.5 Å². The van der Waals surface area contributed by atoms with Crippen molar-refractivity contribution in [2.75, 3.05) is 13.7 Å². The van der Waals surface area contributed by atoms with E-state index >= 15 is 0 Å². The number of ether oxygens (including phenoxy) is 1. The molecule has 1 atom stereocenters. The van der Waals surface area contributed by atoms with Crippen LogP contribution in [0.2, 0.25) is 0 Å². The molecule has 0 amide bonds. The summed E-state index contributed by atoms with van der Waals surface area (Å²) in [4.78, 5) is 0. The molecule has 1 rings (SSSR count). The van der Waals surface area contributed by atoms with Crippen LogP contribution < -0.4 is 10.5 Å². The second-order valence-electron chi connectivity index (χ2n) is 3.49. The maximum Gasteiger partial charge on any atom is 0.165 e. The molecule has 1 aromatic rings. The van der Waals surface area contributed by atoms with Gasteiger partial charge >= 0.3 is 0 Å². The van der Waals surface area contributed by atoms with Gasteiger partial charge in [-0.05, 0) is 36.6 Å². The lowest BCUT2D eigenvalue weighted by Crippen LogP contribution is -2.09. The van der Waals surface area contributed by atoms with Gasteiger partial charge in [0, 0.05) is 0 Å². The van der Waals surface area contributed by atoms with E-state index in [1.807, 2.05) is 19.9 Å². The Balaban J connectivity index is 3.13. The minimum atomic E-state index is -0.317. The molecular weight excluding hydrogens is 181 g/mol. The Morgan fingerprint density at radius 2 is 2.14 bits per heavy atom. The lowest BCUT2D eigenvalue weighted by atomic mass is 9.99. The topological polar surface area (TPSA) is 35.2 Å². The molecule has 0 fully saturated rings. The van der Waals surface area contributed by atoms with Gasteiger partial charge in [0.15, 0.2) is 11.6 Å². The molecule has 0 saturated carbocycles. The molecule has 1 aromatic carbocycles. The SMILES string of the molecule is COc1c(C)cc(C(C)CN)cc1F. The van der Waals surface area contributed by atoms with E-state index < -0.39 is 0 Å². The summed E-state index contributed by atoms with van der Waals surface area (Å²) >= 11 is 0. The van der Waals surface area contributed by atoms with E-state index in [9.17, 15) is 4.39 Å². The first-order chi connectivity index (χ1) is 6.60. The summed E-state index contributed by atoms with van der Waals surface area (Å²) in [5.74, 6) is 0.176. The van der Waals surface area contributed by atoms with Gasteiger partial charge in [-0.15, -0.1) is 0 Å². The molecule has 0 bridgehead atoms. The number of methoxy groups -OCH3 is 1. The number of aryl methyl sites for hydroxylation is 1. The number of hydrogen-bond donors (Lipinski definition) is 1. The molecule has 2 N–H and O–H groups in total. The van der Waals surface area contributed by atoms with Crippen LogP contribution in [0.3, 0.4) is 0 Å². The summed E-state index contributed by atoms with van der Waals surface area (Å²) in [6.07, 6.45) is 0. The third-order valence-corrected chi connectivity index (χ3v) is 2.38. The van der Waals surface area contributed by atoms with E-state index in [0.717, 1.165) is 11.1 Å². The maximum absolute atomic E-state index is 13.4. The maximum atomic E-state index is 13.4. The summed E-state index contributed by atoms with van der Waals surface area (Å²) in [6.45, 7) is 4.32. The predicted octanol–water partition coefficient (Wildman–Crippen LogP) is 2.20. The van der Waals surface area contributed by atoms with Gasteiger partial charge in [0.05, 0.1) is 7.11 Å². The Morgan fingerprint density at radius 1 is 1.50 bits per heavy atom. The average Bonchev–Trinajstić information content (AvgIpc) is 2.16. The highest BCUT2D eigenvalue weighted by Crippen LogP contribution is 2.26. The van der Waals surface area contributed by atoms with Crippen LogP contribution in [0.15, 0.2) is 12.1 Å². The molecule has 0 aliphatic carbocycles. The highest BCUT2D eigenvalue weighted by atomic mass is 19.1. The van der Waals surface area contributed by atoms with Gasteiger partial charge in [0.1, 0.15) is 0 Å². The van der Waals surface area contributed by atoms with Crippen molar-refractivity contribution in [1.29, 1.82) is 0 Å². The lowest BCUT2D eigenvalue weighted by molar-refractivity contribution is 0.382. The molecule has 0 spiro atoms. The molecule has 2 nitrogen and oxygen atoms in total. The Morgan fingerprint density at radius 3 is 2.57 bits per heavy atom. The second-order valence-corrected chi connectivity index (χ2v) is 3.49. The van der Waals surface area contributed by atoms with Crippen molar-refractivity contribution in [3.63, 3.8) is 0 Å². The zero-order valence-electron chi connectivity index (χ0n) is 8.80. The van der Waals surface area contributed by atoms with Crippen molar-refractivity contribution in [2.24, 2.45) is 5.73 Å². The normalized spacial score (nSPS) is 12.6. The Kier molecular flexibility index (Phi) is 3.47. The van der Waals surface area contributed by atoms with Gasteiger partial charge in [-0.25, -0.2) is 4.39 Å². The smallest absolute Gasteiger partial charge is 0.165 e. The zero-order valence-corrected chi connectivity index (χ0v) is 8.80. The fourth-order valence-electron chi connectivity index (χ4n) is 1.44. The lowest BCUT2D eigenvalue weighted by Gasteiger charge is -2.12. The van der Waals surface area contributed by atoms with Crippen molar-refractivity contribution in [3.05, 3.63) is 29.1 Å². The van der Waals surface area contributed by atoms with Gasteiger partial charge in [-0.2, -0.15) is 0 Å². The predicted molar refractivity (Wildman–Crippen MR) is 55.2 cm³/mol. The molecule has 14 heavy (non-hydrogen) atoms. The quantitative estimate of drug-likeness (QED) is 0.806. The fourth-order valence-corrected chi connectivity index (χ4v) is 1.44. The molecule has 1 unspecified atom stereocenters. The van der Waals surface area contributed by atoms with Crippen LogP contribution in [0.5, 0.6) is 5.75 Å². The summed E-state index contributed by atoms with van der Waals surface area (Å²) in [5.41, 5.74) is 7.25. The number of benzene rings is 1. The molecule has 0 aliphatic rings. The van der Waals surface area contributed by atoms with Crippen LogP contribution in [-0.4, -0.2) is 13.7 Å². The van der Waals surface area contributed by atoms with Crippen molar-refractivity contribution in [1.82, 2.24) is 0 Å². The van der Waals surface area contributed by atoms with E-state index in [0.29, 0.717) is 12.3 Å². The number of rotatable bonds is 3. The first-order valence-electron chi connectivity index (χ1n) is 4.64. The van der Waals surface area contributed by atoms with Crippen LogP contribution in [0.25, 0.3) is 0 Å². The molecule has 0 aromatic heterocycles. The molecule has 0 heterocycles. The molecular formula is C11H16FNO. The number of halogens is 1. The summed E-state index contributed by atoms with van der Waals surface area (Å²) < 4.78 is 18.4. The third kappa shape index (κ3) is 2.04. The van der Waals surface area contributed by atoms with Gasteiger partial charge < -0.3 is 10.5 Å². The minimum absolute atomic E-state index is 0.175. The van der Waals surface area contributed by atoms with Crippen molar-refractivity contribution >= 4 is 0 Å². The van der Waals surface area contributed by atoms with E-state index in [-0.39, 0.29) is 11.7 Å². The monoisotopic (exact) mass is 197 g/mol. The molecule has 0 saturated heterocycles. The highest BCUT2D eigenvalue weighted by Gasteiger charge is 2.11. The van der Waals surface area contributed by atoms with Crippen LogP contribution >= 0.6 is 0 Å². The van der Waals surface area contributed by atoms with E-state index in [1.54, 1.807) is 0 Å². The van der Waals surface area contributed by atoms with Crippen LogP contribution in [-0.2, 0) is 0 Å². The van der Waals surface area contributed by atoms with Crippen LogP contribution in [0.4, 0.5) is 4.39 Å². The Labute approximate surface area is 83.9 Å². The molecule has 78 valence electrons. The highest BCUT2D eigenvalue weighted by molar-refractivity contribution is 5.39. The first-order valence-corrected chi connectivity index (χ1v) is 4.64. The molecule has 0 radical (unpaired) electrons. The standard InChI is InChI=1S/C11H16FNO/c1-7-4-9(8(2)6-13)5-10(12)11(7)14-3/h4-5,8H,6,13H2,1-3H3. The Bertz CT molecular complexity index is 302. The van der Waals surface area contributed by atoms with Gasteiger partial charge in [-0.1, -0.05) is 13.0 Å². The third-order valence-electron chi connectivity index (χ3n) is 2.38. The number of nitrogens with two attached hydrogens (primary N) is 1. The van der Waals surface area contributed by atoms with Crippen molar-refractivity contribution in [2.45, 2.75) is 19.8 Å². The summed E-state index contributed by atoms with van der Waals surface area (Å²) in [5, 5.41) is 0. The van der Waals surface area contributed by atoms with E-state index in [1.165, 1.54) is 13.2 Å². The summed E-state index contributed by atoms with van der Waals surface area (Å²) in [7, 11) is 1.47. The largest absolute Gasteiger partial charge is 0.493 e. The van der Waals surface area contributed by atoms with E-state index in [2.05, 4.69) is 0 Å². The number of hydrogen-bond acceptors (Lipinski definition) is 2. The molecule has 0 aliphatic heterocycles. The van der Waals surface area contributed by atoms with Crippen molar-refractivity contribution in [3.8, 4) is 5.75 Å². The fraction of sp³-hybridized carbons (Fsp3) is 0.455. The average molecular weight is 197 g/mol. The summed E-state index contributed by atoms with van der Waals surface area (Å²) in [6, 6.07) is 3.41. The van der Waals surface area contributed by atoms with Gasteiger partial charge in [-0.3, -0.25) is 0 Å². The minimum Gasteiger partial charge on any atom is -0.493 e. The van der Waals surface area contributed by atoms with Gasteiger partial charge in [0.2, 0.25) is 0 Å².